The van der Waals surface area contributed by atoms with Crippen LogP contribution in [0.3, 0.4) is 0 Å². The molecule has 1 heterocycles. The Bertz CT molecular complexity index is 719. The van der Waals surface area contributed by atoms with Crippen LogP contribution in [0.1, 0.15) is 57.4 Å². The Labute approximate surface area is 204 Å². The molecule has 6 nitrogen and oxygen atoms in total. The summed E-state index contributed by atoms with van der Waals surface area (Å²) < 4.78 is 5.61. The first-order chi connectivity index (χ1) is 14.7. The lowest BCUT2D eigenvalue weighted by molar-refractivity contribution is -0.118. The van der Waals surface area contributed by atoms with Gasteiger partial charge in [-0.2, -0.15) is 0 Å². The van der Waals surface area contributed by atoms with Gasteiger partial charge in [0.05, 0.1) is 0 Å². The lowest BCUT2D eigenvalue weighted by Crippen LogP contribution is -2.43. The molecular weight excluding hydrogens is 503 g/mol. The summed E-state index contributed by atoms with van der Waals surface area (Å²) in [5.74, 6) is 1.04. The van der Waals surface area contributed by atoms with E-state index >= 15 is 0 Å². The molecule has 7 heteroatoms. The topological polar surface area (TPSA) is 66.0 Å². The fraction of sp³-hybridized carbons (Fsp3) is 0.667. The van der Waals surface area contributed by atoms with Crippen molar-refractivity contribution in [2.24, 2.45) is 10.4 Å². The third kappa shape index (κ3) is 7.34. The van der Waals surface area contributed by atoms with E-state index in [1.54, 1.807) is 0 Å². The van der Waals surface area contributed by atoms with E-state index in [1.165, 1.54) is 31.2 Å². The van der Waals surface area contributed by atoms with Crippen LogP contribution < -0.4 is 15.5 Å². The molecule has 174 valence electrons. The molecule has 1 aromatic rings. The number of ether oxygens (including phenoxy) is 1. The molecule has 31 heavy (non-hydrogen) atoms. The number of fused-ring (bicyclic) bond motifs is 1. The molecule has 1 aromatic carbocycles. The van der Waals surface area contributed by atoms with Gasteiger partial charge in [0.1, 0.15) is 0 Å². The van der Waals surface area contributed by atoms with E-state index in [-0.39, 0.29) is 29.9 Å². The first-order valence-corrected chi connectivity index (χ1v) is 11.6. The fourth-order valence-corrected chi connectivity index (χ4v) is 4.74. The number of carbonyl (C=O) groups is 1. The van der Waals surface area contributed by atoms with Crippen molar-refractivity contribution in [3.63, 3.8) is 0 Å². The Hall–Kier alpha value is -1.35. The van der Waals surface area contributed by atoms with E-state index < -0.39 is 0 Å². The molecule has 0 unspecified atom stereocenters. The minimum atomic E-state index is 0. The zero-order chi connectivity index (χ0) is 21.2. The Morgan fingerprint density at radius 1 is 1.23 bits per heavy atom. The SMILES string of the molecule is CCOCCC1(CNC(=NC)NCCCC(=O)N2CCc3ccccc32)CCCC1.I. The quantitative estimate of drug-likeness (QED) is 0.202. The maximum atomic E-state index is 12.6. The van der Waals surface area contributed by atoms with Crippen LogP contribution in [0.15, 0.2) is 29.3 Å². The first-order valence-electron chi connectivity index (χ1n) is 11.6. The summed E-state index contributed by atoms with van der Waals surface area (Å²) in [4.78, 5) is 18.9. The zero-order valence-electron chi connectivity index (χ0n) is 19.1. The normalized spacial score (nSPS) is 17.2. The van der Waals surface area contributed by atoms with Gasteiger partial charge in [-0.3, -0.25) is 9.79 Å². The number of nitrogens with zero attached hydrogens (tertiary/aromatic N) is 2. The number of guanidine groups is 1. The number of hydrogen-bond acceptors (Lipinski definition) is 3. The van der Waals surface area contributed by atoms with Crippen molar-refractivity contribution in [3.05, 3.63) is 29.8 Å². The molecule has 1 amide bonds. The minimum absolute atomic E-state index is 0. The second-order valence-corrected chi connectivity index (χ2v) is 8.53. The van der Waals surface area contributed by atoms with Crippen molar-refractivity contribution < 1.29 is 9.53 Å². The van der Waals surface area contributed by atoms with Crippen LogP contribution in [0, 0.1) is 5.41 Å². The average molecular weight is 543 g/mol. The van der Waals surface area contributed by atoms with E-state index in [2.05, 4.69) is 34.7 Å². The predicted molar refractivity (Wildman–Crippen MR) is 139 cm³/mol. The predicted octanol–water partition coefficient (Wildman–Crippen LogP) is 4.13. The van der Waals surface area contributed by atoms with Crippen molar-refractivity contribution in [1.29, 1.82) is 0 Å². The summed E-state index contributed by atoms with van der Waals surface area (Å²) >= 11 is 0. The second kappa shape index (κ2) is 13.3. The van der Waals surface area contributed by atoms with Crippen LogP contribution in [-0.4, -0.2) is 51.8 Å². The Morgan fingerprint density at radius 2 is 2.00 bits per heavy atom. The highest BCUT2D eigenvalue weighted by atomic mass is 127. The van der Waals surface area contributed by atoms with Gasteiger partial charge in [0.15, 0.2) is 5.96 Å². The van der Waals surface area contributed by atoms with Crippen molar-refractivity contribution in [1.82, 2.24) is 10.6 Å². The number of rotatable bonds is 10. The maximum absolute atomic E-state index is 12.6. The van der Waals surface area contributed by atoms with E-state index in [9.17, 15) is 4.79 Å². The monoisotopic (exact) mass is 542 g/mol. The number of hydrogen-bond donors (Lipinski definition) is 2. The molecule has 0 spiro atoms. The van der Waals surface area contributed by atoms with E-state index in [0.29, 0.717) is 11.8 Å². The minimum Gasteiger partial charge on any atom is -0.382 e. The lowest BCUT2D eigenvalue weighted by atomic mass is 9.83. The number of aliphatic imine (C=N–C) groups is 1. The number of benzene rings is 1. The standard InChI is InChI=1S/C24H38N4O2.HI/c1-3-30-18-15-24(13-6-7-14-24)19-27-23(25-2)26-16-8-11-22(29)28-17-12-20-9-4-5-10-21(20)28;/h4-5,9-10H,3,6-8,11-19H2,1-2H3,(H2,25,26,27);1H. The van der Waals surface area contributed by atoms with Crippen LogP contribution in [0.25, 0.3) is 0 Å². The molecule has 2 N–H and O–H groups in total. The number of halogens is 1. The summed E-state index contributed by atoms with van der Waals surface area (Å²) in [5.41, 5.74) is 2.69. The Kier molecular flexibility index (Phi) is 11.1. The van der Waals surface area contributed by atoms with E-state index in [1.807, 2.05) is 24.1 Å². The van der Waals surface area contributed by atoms with Crippen molar-refractivity contribution in [3.8, 4) is 0 Å². The van der Waals surface area contributed by atoms with E-state index in [4.69, 9.17) is 4.74 Å². The highest BCUT2D eigenvalue weighted by Crippen LogP contribution is 2.40. The first kappa shape index (κ1) is 25.9. The smallest absolute Gasteiger partial charge is 0.227 e. The van der Waals surface area contributed by atoms with Crippen molar-refractivity contribution >= 4 is 41.5 Å². The van der Waals surface area contributed by atoms with Gasteiger partial charge in [-0.25, -0.2) is 0 Å². The molecule has 0 atom stereocenters. The molecule has 0 saturated heterocycles. The molecule has 1 fully saturated rings. The van der Waals surface area contributed by atoms with Crippen LogP contribution >= 0.6 is 24.0 Å². The Morgan fingerprint density at radius 3 is 2.74 bits per heavy atom. The average Bonchev–Trinajstić information content (AvgIpc) is 3.41. The van der Waals surface area contributed by atoms with Crippen LogP contribution in [0.2, 0.25) is 0 Å². The third-order valence-electron chi connectivity index (χ3n) is 6.55. The number of para-hydroxylation sites is 1. The van der Waals surface area contributed by atoms with E-state index in [0.717, 1.165) is 63.8 Å². The largest absolute Gasteiger partial charge is 0.382 e. The third-order valence-corrected chi connectivity index (χ3v) is 6.55. The van der Waals surface area contributed by atoms with Crippen LogP contribution in [-0.2, 0) is 16.0 Å². The number of nitrogens with one attached hydrogen (secondary N) is 2. The number of amides is 1. The molecule has 1 saturated carbocycles. The van der Waals surface area contributed by atoms with Gasteiger partial charge in [0.25, 0.3) is 0 Å². The van der Waals surface area contributed by atoms with Gasteiger partial charge in [0.2, 0.25) is 5.91 Å². The number of carbonyl (C=O) groups excluding carboxylic acids is 1. The highest BCUT2D eigenvalue weighted by Gasteiger charge is 2.33. The van der Waals surface area contributed by atoms with Gasteiger partial charge < -0.3 is 20.3 Å². The summed E-state index contributed by atoms with van der Waals surface area (Å²) in [7, 11) is 1.81. The van der Waals surface area contributed by atoms with Crippen molar-refractivity contribution in [2.75, 3.05) is 44.8 Å². The lowest BCUT2D eigenvalue weighted by Gasteiger charge is -2.30. The van der Waals surface area contributed by atoms with Crippen LogP contribution in [0.4, 0.5) is 5.69 Å². The highest BCUT2D eigenvalue weighted by molar-refractivity contribution is 14.0. The second-order valence-electron chi connectivity index (χ2n) is 8.53. The molecule has 1 aliphatic heterocycles. The summed E-state index contributed by atoms with van der Waals surface area (Å²) in [6.07, 6.45) is 8.55. The molecular formula is C24H39IN4O2. The van der Waals surface area contributed by atoms with Gasteiger partial charge >= 0.3 is 0 Å². The summed E-state index contributed by atoms with van der Waals surface area (Å²) in [5, 5.41) is 6.90. The molecule has 1 aliphatic carbocycles. The van der Waals surface area contributed by atoms with Crippen LogP contribution in [0.5, 0.6) is 0 Å². The maximum Gasteiger partial charge on any atom is 0.227 e. The molecule has 3 rings (SSSR count). The Balaban J connectivity index is 0.00000341. The molecule has 0 radical (unpaired) electrons. The van der Waals surface area contributed by atoms with Gasteiger partial charge in [0, 0.05) is 52.0 Å². The van der Waals surface area contributed by atoms with Gasteiger partial charge in [-0.15, -0.1) is 24.0 Å². The molecule has 0 bridgehead atoms. The summed E-state index contributed by atoms with van der Waals surface area (Å²) in [6.45, 7) is 6.16. The fourth-order valence-electron chi connectivity index (χ4n) is 4.74. The summed E-state index contributed by atoms with van der Waals surface area (Å²) in [6, 6.07) is 8.22. The molecule has 0 aromatic heterocycles. The van der Waals surface area contributed by atoms with Gasteiger partial charge in [-0.05, 0) is 56.1 Å². The zero-order valence-corrected chi connectivity index (χ0v) is 21.5. The van der Waals surface area contributed by atoms with Gasteiger partial charge in [-0.1, -0.05) is 31.0 Å². The van der Waals surface area contributed by atoms with Crippen molar-refractivity contribution in [2.45, 2.75) is 58.3 Å². The molecule has 2 aliphatic rings. The number of anilines is 1.